The van der Waals surface area contributed by atoms with Gasteiger partial charge >= 0.3 is 0 Å². The van der Waals surface area contributed by atoms with Gasteiger partial charge in [0.15, 0.2) is 5.96 Å². The minimum atomic E-state index is -0.212. The van der Waals surface area contributed by atoms with Crippen molar-refractivity contribution in [2.24, 2.45) is 17.8 Å². The second-order valence-corrected chi connectivity index (χ2v) is 6.70. The lowest BCUT2D eigenvalue weighted by Crippen LogP contribution is -2.51. The zero-order valence-corrected chi connectivity index (χ0v) is 18.1. The van der Waals surface area contributed by atoms with Crippen LogP contribution in [0.25, 0.3) is 11.0 Å². The first-order chi connectivity index (χ1) is 13.1. The summed E-state index contributed by atoms with van der Waals surface area (Å²) in [7, 11) is 2.00. The van der Waals surface area contributed by atoms with Crippen molar-refractivity contribution in [1.82, 2.24) is 14.5 Å². The number of nitrogens with two attached hydrogens (primary N) is 1. The van der Waals surface area contributed by atoms with Crippen molar-refractivity contribution in [3.05, 3.63) is 60.2 Å². The van der Waals surface area contributed by atoms with Crippen LogP contribution in [0, 0.1) is 5.82 Å². The number of benzene rings is 2. The number of aromatic nitrogens is 2. The first-order valence-electron chi connectivity index (χ1n) is 9.07. The molecule has 2 N–H and O–H groups in total. The van der Waals surface area contributed by atoms with Gasteiger partial charge in [0.2, 0.25) is 0 Å². The van der Waals surface area contributed by atoms with Crippen LogP contribution >= 0.6 is 24.0 Å². The van der Waals surface area contributed by atoms with Crippen LogP contribution in [0.5, 0.6) is 0 Å². The van der Waals surface area contributed by atoms with Crippen molar-refractivity contribution >= 4 is 46.7 Å². The number of fused-ring (bicyclic) bond motifs is 1. The van der Waals surface area contributed by atoms with E-state index in [-0.39, 0.29) is 29.8 Å². The highest BCUT2D eigenvalue weighted by atomic mass is 127. The third kappa shape index (κ3) is 4.21. The summed E-state index contributed by atoms with van der Waals surface area (Å²) in [5, 5.41) is 0. The Hall–Kier alpha value is -2.36. The van der Waals surface area contributed by atoms with Crippen LogP contribution in [-0.4, -0.2) is 46.6 Å². The van der Waals surface area contributed by atoms with Crippen molar-refractivity contribution < 1.29 is 4.39 Å². The van der Waals surface area contributed by atoms with E-state index in [0.717, 1.165) is 48.7 Å². The third-order valence-corrected chi connectivity index (χ3v) is 5.06. The van der Waals surface area contributed by atoms with E-state index in [1.807, 2.05) is 43.4 Å². The maximum absolute atomic E-state index is 13.1. The van der Waals surface area contributed by atoms with E-state index < -0.39 is 0 Å². The second-order valence-electron chi connectivity index (χ2n) is 6.70. The van der Waals surface area contributed by atoms with Crippen LogP contribution in [0.1, 0.15) is 5.82 Å². The minimum Gasteiger partial charge on any atom is -0.370 e. The molecule has 0 atom stereocenters. The first-order valence-corrected chi connectivity index (χ1v) is 9.07. The highest BCUT2D eigenvalue weighted by molar-refractivity contribution is 14.0. The Bertz CT molecular complexity index is 960. The number of hydrogen-bond acceptors (Lipinski definition) is 3. The molecule has 2 aromatic carbocycles. The SMILES string of the molecule is Cn1c(CN=C(N)N2CCN(c3ccc(F)cc3)CC2)nc2ccccc21.I. The molecule has 3 aromatic rings. The van der Waals surface area contributed by atoms with Crippen molar-refractivity contribution in [3.63, 3.8) is 0 Å². The minimum absolute atomic E-state index is 0. The Labute approximate surface area is 180 Å². The van der Waals surface area contributed by atoms with Crippen LogP contribution in [0.2, 0.25) is 0 Å². The van der Waals surface area contributed by atoms with Gasteiger partial charge in [0.05, 0.1) is 11.0 Å². The maximum Gasteiger partial charge on any atom is 0.191 e. The smallest absolute Gasteiger partial charge is 0.191 e. The lowest BCUT2D eigenvalue weighted by atomic mass is 10.2. The van der Waals surface area contributed by atoms with Gasteiger partial charge in [0, 0.05) is 38.9 Å². The van der Waals surface area contributed by atoms with Gasteiger partial charge in [-0.3, -0.25) is 0 Å². The van der Waals surface area contributed by atoms with Gasteiger partial charge in [-0.05, 0) is 36.4 Å². The van der Waals surface area contributed by atoms with Gasteiger partial charge in [0.1, 0.15) is 18.2 Å². The summed E-state index contributed by atoms with van der Waals surface area (Å²) in [6.45, 7) is 3.68. The summed E-state index contributed by atoms with van der Waals surface area (Å²) >= 11 is 0. The predicted octanol–water partition coefficient (Wildman–Crippen LogP) is 2.97. The van der Waals surface area contributed by atoms with E-state index in [2.05, 4.69) is 24.3 Å². The molecule has 0 radical (unpaired) electrons. The average Bonchev–Trinajstić information content (AvgIpc) is 3.03. The normalized spacial score (nSPS) is 15.0. The summed E-state index contributed by atoms with van der Waals surface area (Å²) in [5.41, 5.74) is 9.31. The molecule has 148 valence electrons. The second kappa shape index (κ2) is 8.76. The number of halogens is 2. The van der Waals surface area contributed by atoms with Gasteiger partial charge in [-0.1, -0.05) is 12.1 Å². The molecule has 1 aliphatic heterocycles. The highest BCUT2D eigenvalue weighted by Gasteiger charge is 2.18. The van der Waals surface area contributed by atoms with Crippen LogP contribution in [-0.2, 0) is 13.6 Å². The predicted molar refractivity (Wildman–Crippen MR) is 122 cm³/mol. The van der Waals surface area contributed by atoms with E-state index in [1.165, 1.54) is 12.1 Å². The molecule has 6 nitrogen and oxygen atoms in total. The standard InChI is InChI=1S/C20H23FN6.HI/c1-25-18-5-3-2-4-17(18)24-19(25)14-23-20(22)27-12-10-26(11-13-27)16-8-6-15(21)7-9-16;/h2-9H,10-14H2,1H3,(H2,22,23);1H. The molecule has 28 heavy (non-hydrogen) atoms. The van der Waals surface area contributed by atoms with E-state index in [4.69, 9.17) is 5.73 Å². The summed E-state index contributed by atoms with van der Waals surface area (Å²) in [5.74, 6) is 1.22. The fourth-order valence-electron chi connectivity index (χ4n) is 3.43. The van der Waals surface area contributed by atoms with E-state index in [9.17, 15) is 4.39 Å². The van der Waals surface area contributed by atoms with E-state index in [1.54, 1.807) is 0 Å². The topological polar surface area (TPSA) is 62.7 Å². The monoisotopic (exact) mass is 494 g/mol. The van der Waals surface area contributed by atoms with E-state index >= 15 is 0 Å². The quantitative estimate of drug-likeness (QED) is 0.346. The van der Waals surface area contributed by atoms with Gasteiger partial charge in [-0.15, -0.1) is 24.0 Å². The molecule has 4 rings (SSSR count). The molecule has 1 aromatic heterocycles. The summed E-state index contributed by atoms with van der Waals surface area (Å²) in [6, 6.07) is 14.7. The van der Waals surface area contributed by atoms with Gasteiger partial charge < -0.3 is 20.1 Å². The average molecular weight is 494 g/mol. The van der Waals surface area contributed by atoms with Gasteiger partial charge in [0.25, 0.3) is 0 Å². The number of guanidine groups is 1. The first kappa shape index (κ1) is 20.4. The van der Waals surface area contributed by atoms with Gasteiger partial charge in [-0.25, -0.2) is 14.4 Å². The van der Waals surface area contributed by atoms with Gasteiger partial charge in [-0.2, -0.15) is 0 Å². The Morgan fingerprint density at radius 3 is 2.43 bits per heavy atom. The Kier molecular flexibility index (Phi) is 6.38. The number of para-hydroxylation sites is 2. The largest absolute Gasteiger partial charge is 0.370 e. The zero-order chi connectivity index (χ0) is 18.8. The number of aliphatic imine (C=N–C) groups is 1. The number of anilines is 1. The number of piperazine rings is 1. The molecule has 0 aliphatic carbocycles. The van der Waals surface area contributed by atoms with Crippen LogP contribution in [0.3, 0.4) is 0 Å². The number of aryl methyl sites for hydroxylation is 1. The lowest BCUT2D eigenvalue weighted by Gasteiger charge is -2.36. The molecule has 8 heteroatoms. The molecule has 2 heterocycles. The fourth-order valence-corrected chi connectivity index (χ4v) is 3.43. The van der Waals surface area contributed by atoms with Crippen molar-refractivity contribution in [1.29, 1.82) is 0 Å². The molecule has 0 amide bonds. The van der Waals surface area contributed by atoms with Crippen LogP contribution < -0.4 is 10.6 Å². The molecular weight excluding hydrogens is 470 g/mol. The maximum atomic E-state index is 13.1. The Morgan fingerprint density at radius 2 is 1.75 bits per heavy atom. The molecule has 0 spiro atoms. The number of rotatable bonds is 3. The summed E-state index contributed by atoms with van der Waals surface area (Å²) in [4.78, 5) is 13.5. The van der Waals surface area contributed by atoms with E-state index in [0.29, 0.717) is 12.5 Å². The molecule has 0 saturated carbocycles. The Balaban J connectivity index is 0.00000225. The fraction of sp³-hybridized carbons (Fsp3) is 0.300. The van der Waals surface area contributed by atoms with Crippen LogP contribution in [0.15, 0.2) is 53.5 Å². The molecule has 1 aliphatic rings. The molecule has 1 fully saturated rings. The van der Waals surface area contributed by atoms with Crippen molar-refractivity contribution in [2.75, 3.05) is 31.1 Å². The molecule has 0 unspecified atom stereocenters. The number of nitrogens with zero attached hydrogens (tertiary/aromatic N) is 5. The summed E-state index contributed by atoms with van der Waals surface area (Å²) in [6.07, 6.45) is 0. The number of imidazole rings is 1. The number of hydrogen-bond donors (Lipinski definition) is 1. The molecule has 0 bridgehead atoms. The van der Waals surface area contributed by atoms with Crippen molar-refractivity contribution in [3.8, 4) is 0 Å². The zero-order valence-electron chi connectivity index (χ0n) is 15.8. The van der Waals surface area contributed by atoms with Crippen LogP contribution in [0.4, 0.5) is 10.1 Å². The lowest BCUT2D eigenvalue weighted by molar-refractivity contribution is 0.380. The Morgan fingerprint density at radius 1 is 1.07 bits per heavy atom. The van der Waals surface area contributed by atoms with Crippen molar-refractivity contribution in [2.45, 2.75) is 6.54 Å². The molecule has 1 saturated heterocycles. The molecular formula is C20H24FIN6. The summed E-state index contributed by atoms with van der Waals surface area (Å²) < 4.78 is 15.1. The highest BCUT2D eigenvalue weighted by Crippen LogP contribution is 2.17. The third-order valence-electron chi connectivity index (χ3n) is 5.06.